The number of piperazine rings is 1. The first-order valence-electron chi connectivity index (χ1n) is 8.63. The molecule has 25 heavy (non-hydrogen) atoms. The maximum atomic E-state index is 12.0. The van der Waals surface area contributed by atoms with Gasteiger partial charge in [0.25, 0.3) is 0 Å². The molecule has 1 atom stereocenters. The van der Waals surface area contributed by atoms with Crippen molar-refractivity contribution in [3.05, 3.63) is 42.2 Å². The summed E-state index contributed by atoms with van der Waals surface area (Å²) in [4.78, 5) is 16.8. The fraction of sp³-hybridized carbons (Fsp3) is 0.444. The van der Waals surface area contributed by atoms with E-state index in [1.54, 1.807) is 13.0 Å². The summed E-state index contributed by atoms with van der Waals surface area (Å²) in [5.74, 6) is 1.10. The molecule has 1 aromatic carbocycles. The minimum atomic E-state index is -0.260. The largest absolute Gasteiger partial charge is 0.369 e. The molecule has 7 nitrogen and oxygen atoms in total. The summed E-state index contributed by atoms with van der Waals surface area (Å²) in [6.45, 7) is 8.61. The molecule has 1 aliphatic heterocycles. The molecule has 1 unspecified atom stereocenters. The average Bonchev–Trinajstić information content (AvgIpc) is 3.01. The lowest BCUT2D eigenvalue weighted by molar-refractivity contribution is 0.224. The number of carbonyl (C=O) groups is 1. The molecule has 1 aromatic heterocycles. The van der Waals surface area contributed by atoms with E-state index >= 15 is 0 Å². The van der Waals surface area contributed by atoms with Gasteiger partial charge in [-0.3, -0.25) is 10.2 Å². The molecule has 1 saturated heterocycles. The highest BCUT2D eigenvalue weighted by Crippen LogP contribution is 2.15. The topological polar surface area (TPSA) is 73.6 Å². The molecule has 3 rings (SSSR count). The maximum Gasteiger partial charge on any atom is 0.320 e. The predicted octanol–water partition coefficient (Wildman–Crippen LogP) is 2.32. The first kappa shape index (κ1) is 17.3. The van der Waals surface area contributed by atoms with Gasteiger partial charge >= 0.3 is 6.03 Å². The van der Waals surface area contributed by atoms with Crippen LogP contribution in [0.1, 0.15) is 12.7 Å². The highest BCUT2D eigenvalue weighted by Gasteiger charge is 2.19. The Kier molecular flexibility index (Phi) is 5.55. The summed E-state index contributed by atoms with van der Waals surface area (Å²) in [5, 5.41) is 9.37. The first-order chi connectivity index (χ1) is 12.1. The van der Waals surface area contributed by atoms with Crippen LogP contribution < -0.4 is 15.5 Å². The van der Waals surface area contributed by atoms with E-state index in [1.165, 1.54) is 5.69 Å². The van der Waals surface area contributed by atoms with Crippen LogP contribution in [-0.2, 0) is 0 Å². The lowest BCUT2D eigenvalue weighted by Crippen LogP contribution is -2.51. The quantitative estimate of drug-likeness (QED) is 0.871. The number of carbonyl (C=O) groups excluding carboxylic acids is 1. The number of aromatic nitrogens is 1. The third kappa shape index (κ3) is 4.96. The summed E-state index contributed by atoms with van der Waals surface area (Å²) in [6, 6.07) is 12.0. The van der Waals surface area contributed by atoms with Gasteiger partial charge in [-0.1, -0.05) is 23.4 Å². The van der Waals surface area contributed by atoms with Gasteiger partial charge in [-0.2, -0.15) is 0 Å². The molecular formula is C18H25N5O2. The van der Waals surface area contributed by atoms with Crippen LogP contribution in [0.3, 0.4) is 0 Å². The number of hydrogen-bond acceptors (Lipinski definition) is 5. The molecule has 7 heteroatoms. The minimum Gasteiger partial charge on any atom is -0.369 e. The fourth-order valence-electron chi connectivity index (χ4n) is 3.06. The normalized spacial score (nSPS) is 16.5. The van der Waals surface area contributed by atoms with E-state index in [0.29, 0.717) is 11.6 Å². The van der Waals surface area contributed by atoms with E-state index in [2.05, 4.69) is 49.9 Å². The Bertz CT molecular complexity index is 680. The second kappa shape index (κ2) is 8.02. The van der Waals surface area contributed by atoms with Gasteiger partial charge in [-0.15, -0.1) is 0 Å². The molecule has 2 aromatic rings. The summed E-state index contributed by atoms with van der Waals surface area (Å²) in [5.41, 5.74) is 1.27. The zero-order chi connectivity index (χ0) is 17.6. The van der Waals surface area contributed by atoms with Crippen molar-refractivity contribution < 1.29 is 9.32 Å². The molecule has 0 spiro atoms. The van der Waals surface area contributed by atoms with E-state index in [0.717, 1.165) is 32.7 Å². The van der Waals surface area contributed by atoms with Gasteiger partial charge in [0.15, 0.2) is 5.82 Å². The average molecular weight is 343 g/mol. The Balaban J connectivity index is 1.40. The second-order valence-corrected chi connectivity index (χ2v) is 6.45. The first-order valence-corrected chi connectivity index (χ1v) is 8.63. The third-order valence-electron chi connectivity index (χ3n) is 4.27. The second-order valence-electron chi connectivity index (χ2n) is 6.45. The van der Waals surface area contributed by atoms with E-state index in [4.69, 9.17) is 4.52 Å². The maximum absolute atomic E-state index is 12.0. The Hall–Kier alpha value is -2.54. The van der Waals surface area contributed by atoms with Gasteiger partial charge < -0.3 is 14.7 Å². The highest BCUT2D eigenvalue weighted by molar-refractivity contribution is 5.88. The van der Waals surface area contributed by atoms with Crippen molar-refractivity contribution >= 4 is 17.5 Å². The van der Waals surface area contributed by atoms with Crippen LogP contribution in [0.5, 0.6) is 0 Å². The number of nitrogens with zero attached hydrogens (tertiary/aromatic N) is 3. The van der Waals surface area contributed by atoms with Crippen LogP contribution in [0.15, 0.2) is 40.9 Å². The molecule has 0 saturated carbocycles. The van der Waals surface area contributed by atoms with Crippen LogP contribution in [0.2, 0.25) is 0 Å². The monoisotopic (exact) mass is 343 g/mol. The lowest BCUT2D eigenvalue weighted by Gasteiger charge is -2.37. The lowest BCUT2D eigenvalue weighted by atomic mass is 10.2. The van der Waals surface area contributed by atoms with Crippen molar-refractivity contribution in [1.29, 1.82) is 0 Å². The zero-order valence-corrected chi connectivity index (χ0v) is 14.7. The number of nitrogens with one attached hydrogen (secondary N) is 2. The van der Waals surface area contributed by atoms with Crippen LogP contribution in [-0.4, -0.2) is 54.9 Å². The Morgan fingerprint density at radius 2 is 1.96 bits per heavy atom. The number of amides is 2. The number of hydrogen-bond donors (Lipinski definition) is 2. The molecule has 0 aliphatic carbocycles. The fourth-order valence-corrected chi connectivity index (χ4v) is 3.06. The molecular weight excluding hydrogens is 318 g/mol. The van der Waals surface area contributed by atoms with Crippen molar-refractivity contribution in [2.75, 3.05) is 42.9 Å². The third-order valence-corrected chi connectivity index (χ3v) is 4.27. The summed E-state index contributed by atoms with van der Waals surface area (Å²) in [7, 11) is 0. The van der Waals surface area contributed by atoms with Crippen molar-refractivity contribution in [2.24, 2.45) is 0 Å². The van der Waals surface area contributed by atoms with Gasteiger partial charge in [0, 0.05) is 50.5 Å². The minimum absolute atomic E-state index is 0.0521. The number of para-hydroxylation sites is 1. The molecule has 2 heterocycles. The molecule has 2 amide bonds. The van der Waals surface area contributed by atoms with Gasteiger partial charge in [-0.25, -0.2) is 4.79 Å². The van der Waals surface area contributed by atoms with Crippen molar-refractivity contribution in [3.8, 4) is 0 Å². The molecule has 1 fully saturated rings. The van der Waals surface area contributed by atoms with Crippen LogP contribution in [0.25, 0.3) is 0 Å². The van der Waals surface area contributed by atoms with Crippen molar-refractivity contribution in [1.82, 2.24) is 15.4 Å². The van der Waals surface area contributed by atoms with Gasteiger partial charge in [0.2, 0.25) is 0 Å². The van der Waals surface area contributed by atoms with Crippen LogP contribution in [0.4, 0.5) is 16.3 Å². The highest BCUT2D eigenvalue weighted by atomic mass is 16.5. The predicted molar refractivity (Wildman–Crippen MR) is 98.0 cm³/mol. The molecule has 1 aliphatic rings. The van der Waals surface area contributed by atoms with Crippen molar-refractivity contribution in [3.63, 3.8) is 0 Å². The number of rotatable bonds is 5. The number of aryl methyl sites for hydroxylation is 1. The number of urea groups is 1. The molecule has 2 N–H and O–H groups in total. The molecule has 134 valence electrons. The van der Waals surface area contributed by atoms with E-state index < -0.39 is 0 Å². The number of anilines is 2. The standard InChI is InChI=1S/C18H25N5O2/c1-14(19-18(24)20-17-12-15(2)25-21-17)13-22-8-10-23(11-9-22)16-6-4-3-5-7-16/h3-7,12,14H,8-11,13H2,1-2H3,(H2,19,20,21,24). The van der Waals surface area contributed by atoms with Gasteiger partial charge in [0.05, 0.1) is 0 Å². The van der Waals surface area contributed by atoms with E-state index in [-0.39, 0.29) is 12.1 Å². The summed E-state index contributed by atoms with van der Waals surface area (Å²) < 4.78 is 4.93. The smallest absolute Gasteiger partial charge is 0.320 e. The van der Waals surface area contributed by atoms with Crippen LogP contribution >= 0.6 is 0 Å². The SMILES string of the molecule is Cc1cc(NC(=O)NC(C)CN2CCN(c3ccccc3)CC2)no1. The zero-order valence-electron chi connectivity index (χ0n) is 14.7. The van der Waals surface area contributed by atoms with E-state index in [9.17, 15) is 4.79 Å². The number of benzene rings is 1. The van der Waals surface area contributed by atoms with Gasteiger partial charge in [0.1, 0.15) is 5.76 Å². The van der Waals surface area contributed by atoms with E-state index in [1.807, 2.05) is 13.0 Å². The molecule has 0 bridgehead atoms. The van der Waals surface area contributed by atoms with Gasteiger partial charge in [-0.05, 0) is 26.0 Å². The van der Waals surface area contributed by atoms with Crippen molar-refractivity contribution in [2.45, 2.75) is 19.9 Å². The summed E-state index contributed by atoms with van der Waals surface area (Å²) >= 11 is 0. The Labute approximate surface area is 148 Å². The molecule has 0 radical (unpaired) electrons. The Morgan fingerprint density at radius 1 is 1.24 bits per heavy atom. The summed E-state index contributed by atoms with van der Waals surface area (Å²) in [6.07, 6.45) is 0. The Morgan fingerprint density at radius 3 is 2.60 bits per heavy atom. The van der Waals surface area contributed by atoms with Crippen LogP contribution in [0, 0.1) is 6.92 Å².